The van der Waals surface area contributed by atoms with Crippen LogP contribution in [-0.2, 0) is 0 Å². The normalized spacial score (nSPS) is 10.2. The van der Waals surface area contributed by atoms with Crippen LogP contribution in [0.1, 0.15) is 0 Å². The quantitative estimate of drug-likeness (QED) is 0.763. The minimum Gasteiger partial charge on any atom is -0.421 e. The molecular weight excluding hydrogens is 220 g/mol. The zero-order valence-corrected chi connectivity index (χ0v) is 9.56. The third-order valence-corrected chi connectivity index (χ3v) is 2.29. The van der Waals surface area contributed by atoms with Crippen LogP contribution in [0.4, 0.5) is 10.5 Å². The molecule has 1 aromatic heterocycles. The Morgan fingerprint density at radius 3 is 2.71 bits per heavy atom. The van der Waals surface area contributed by atoms with Gasteiger partial charge in [0, 0.05) is 19.5 Å². The summed E-state index contributed by atoms with van der Waals surface area (Å²) in [5.41, 5.74) is 0.0849. The van der Waals surface area contributed by atoms with Gasteiger partial charge in [0.15, 0.2) is 0 Å². The maximum Gasteiger partial charge on any atom is 0.360 e. The van der Waals surface area contributed by atoms with Crippen LogP contribution >= 0.6 is 0 Å². The van der Waals surface area contributed by atoms with Crippen LogP contribution in [0.15, 0.2) is 39.5 Å². The van der Waals surface area contributed by atoms with Gasteiger partial charge < -0.3 is 14.6 Å². The fourth-order valence-corrected chi connectivity index (χ4v) is 1.38. The molecule has 0 spiro atoms. The second-order valence-corrected chi connectivity index (χ2v) is 3.81. The lowest BCUT2D eigenvalue weighted by atomic mass is 10.2. The fraction of sp³-hybridized carbons (Fsp3) is 0.167. The van der Waals surface area contributed by atoms with Crippen LogP contribution < -0.4 is 10.9 Å². The first-order valence-electron chi connectivity index (χ1n) is 5.09. The standard InChI is InChI=1S/C12H12N2O3/c1-14(2)12(16)13-9-7-8-5-3-4-6-10(8)17-11(9)15/h3-7H,1-2H3,(H,13,16). The first-order valence-corrected chi connectivity index (χ1v) is 5.09. The first kappa shape index (κ1) is 11.2. The molecular formula is C12H12N2O3. The number of urea groups is 1. The Hall–Kier alpha value is -2.30. The van der Waals surface area contributed by atoms with E-state index in [0.29, 0.717) is 5.58 Å². The Kier molecular flexibility index (Phi) is 2.82. The van der Waals surface area contributed by atoms with E-state index in [4.69, 9.17) is 4.42 Å². The van der Waals surface area contributed by atoms with E-state index in [2.05, 4.69) is 5.32 Å². The number of amides is 2. The summed E-state index contributed by atoms with van der Waals surface area (Å²) in [5, 5.41) is 3.25. The van der Waals surface area contributed by atoms with Crippen LogP contribution in [0.2, 0.25) is 0 Å². The van der Waals surface area contributed by atoms with Gasteiger partial charge in [-0.3, -0.25) is 0 Å². The highest BCUT2D eigenvalue weighted by molar-refractivity contribution is 5.91. The van der Waals surface area contributed by atoms with E-state index in [1.165, 1.54) is 4.90 Å². The summed E-state index contributed by atoms with van der Waals surface area (Å²) in [4.78, 5) is 24.4. The highest BCUT2D eigenvalue weighted by Gasteiger charge is 2.09. The predicted molar refractivity (Wildman–Crippen MR) is 65.2 cm³/mol. The molecule has 2 aromatic rings. The molecule has 0 unspecified atom stereocenters. The number of para-hydroxylation sites is 1. The van der Waals surface area contributed by atoms with Gasteiger partial charge in [0.1, 0.15) is 11.3 Å². The summed E-state index contributed by atoms with van der Waals surface area (Å²) >= 11 is 0. The van der Waals surface area contributed by atoms with Gasteiger partial charge in [0.25, 0.3) is 0 Å². The second kappa shape index (κ2) is 4.29. The van der Waals surface area contributed by atoms with Gasteiger partial charge >= 0.3 is 11.7 Å². The average Bonchev–Trinajstić information content (AvgIpc) is 2.29. The predicted octanol–water partition coefficient (Wildman–Crippen LogP) is 1.89. The molecule has 0 saturated carbocycles. The van der Waals surface area contributed by atoms with Gasteiger partial charge in [-0.1, -0.05) is 18.2 Å². The Bertz CT molecular complexity index is 616. The smallest absolute Gasteiger partial charge is 0.360 e. The van der Waals surface area contributed by atoms with Crippen molar-refractivity contribution in [1.29, 1.82) is 0 Å². The molecule has 0 bridgehead atoms. The van der Waals surface area contributed by atoms with Crippen molar-refractivity contribution in [3.05, 3.63) is 40.8 Å². The van der Waals surface area contributed by atoms with Crippen molar-refractivity contribution in [2.45, 2.75) is 0 Å². The number of hydrogen-bond acceptors (Lipinski definition) is 3. The third-order valence-electron chi connectivity index (χ3n) is 2.29. The number of nitrogens with one attached hydrogen (secondary N) is 1. The van der Waals surface area contributed by atoms with E-state index in [1.807, 2.05) is 12.1 Å². The van der Waals surface area contributed by atoms with Gasteiger partial charge in [-0.15, -0.1) is 0 Å². The Labute approximate surface area is 97.6 Å². The van der Waals surface area contributed by atoms with Gasteiger partial charge in [-0.25, -0.2) is 9.59 Å². The van der Waals surface area contributed by atoms with E-state index in [1.54, 1.807) is 32.3 Å². The molecule has 1 aromatic carbocycles. The van der Waals surface area contributed by atoms with Crippen molar-refractivity contribution in [3.63, 3.8) is 0 Å². The summed E-state index contributed by atoms with van der Waals surface area (Å²) in [6, 6.07) is 8.36. The third kappa shape index (κ3) is 2.28. The highest BCUT2D eigenvalue weighted by atomic mass is 16.4. The summed E-state index contributed by atoms with van der Waals surface area (Å²) < 4.78 is 5.08. The van der Waals surface area contributed by atoms with Crippen molar-refractivity contribution in [3.8, 4) is 0 Å². The number of benzene rings is 1. The summed E-state index contributed by atoms with van der Waals surface area (Å²) in [7, 11) is 3.19. The summed E-state index contributed by atoms with van der Waals surface area (Å²) in [6.07, 6.45) is 0. The molecule has 0 aliphatic carbocycles. The molecule has 0 radical (unpaired) electrons. The zero-order chi connectivity index (χ0) is 12.4. The summed E-state index contributed by atoms with van der Waals surface area (Å²) in [5.74, 6) is 0. The van der Waals surface area contributed by atoms with E-state index < -0.39 is 5.63 Å². The van der Waals surface area contributed by atoms with Crippen LogP contribution in [0.5, 0.6) is 0 Å². The molecule has 0 atom stereocenters. The lowest BCUT2D eigenvalue weighted by molar-refractivity contribution is 0.230. The van der Waals surface area contributed by atoms with E-state index >= 15 is 0 Å². The highest BCUT2D eigenvalue weighted by Crippen LogP contribution is 2.15. The largest absolute Gasteiger partial charge is 0.421 e. The molecule has 2 amide bonds. The van der Waals surface area contributed by atoms with E-state index in [0.717, 1.165) is 5.39 Å². The van der Waals surface area contributed by atoms with Gasteiger partial charge in [-0.2, -0.15) is 0 Å². The number of rotatable bonds is 1. The minimum atomic E-state index is -0.557. The van der Waals surface area contributed by atoms with Crippen LogP contribution in [0, 0.1) is 0 Å². The van der Waals surface area contributed by atoms with E-state index in [9.17, 15) is 9.59 Å². The van der Waals surface area contributed by atoms with Crippen molar-refractivity contribution >= 4 is 22.7 Å². The van der Waals surface area contributed by atoms with Crippen molar-refractivity contribution in [1.82, 2.24) is 4.90 Å². The molecule has 0 fully saturated rings. The topological polar surface area (TPSA) is 62.6 Å². The molecule has 2 rings (SSSR count). The molecule has 5 nitrogen and oxygen atoms in total. The fourth-order valence-electron chi connectivity index (χ4n) is 1.38. The van der Waals surface area contributed by atoms with Gasteiger partial charge in [0.2, 0.25) is 0 Å². The second-order valence-electron chi connectivity index (χ2n) is 3.81. The minimum absolute atomic E-state index is 0.141. The number of hydrogen-bond donors (Lipinski definition) is 1. The molecule has 0 aliphatic heterocycles. The lowest BCUT2D eigenvalue weighted by Crippen LogP contribution is -2.29. The molecule has 0 aliphatic rings. The van der Waals surface area contributed by atoms with Gasteiger partial charge in [-0.05, 0) is 12.1 Å². The maximum absolute atomic E-state index is 11.6. The Morgan fingerprint density at radius 2 is 2.00 bits per heavy atom. The van der Waals surface area contributed by atoms with Crippen LogP contribution in [0.25, 0.3) is 11.0 Å². The number of carbonyl (C=O) groups excluding carboxylic acids is 1. The molecule has 17 heavy (non-hydrogen) atoms. The maximum atomic E-state index is 11.6. The average molecular weight is 232 g/mol. The molecule has 0 saturated heterocycles. The van der Waals surface area contributed by atoms with Crippen LogP contribution in [-0.4, -0.2) is 25.0 Å². The van der Waals surface area contributed by atoms with Crippen molar-refractivity contribution in [2.24, 2.45) is 0 Å². The molecule has 88 valence electrons. The Morgan fingerprint density at radius 1 is 1.29 bits per heavy atom. The SMILES string of the molecule is CN(C)C(=O)Nc1cc2ccccc2oc1=O. The summed E-state index contributed by atoms with van der Waals surface area (Å²) in [6.45, 7) is 0. The molecule has 1 N–H and O–H groups in total. The van der Waals surface area contributed by atoms with Crippen molar-refractivity contribution in [2.75, 3.05) is 19.4 Å². The molecule has 1 heterocycles. The number of anilines is 1. The number of carbonyl (C=O) groups is 1. The van der Waals surface area contributed by atoms with E-state index in [-0.39, 0.29) is 11.7 Å². The van der Waals surface area contributed by atoms with Gasteiger partial charge in [0.05, 0.1) is 0 Å². The first-order chi connectivity index (χ1) is 8.08. The number of fused-ring (bicyclic) bond motifs is 1. The lowest BCUT2D eigenvalue weighted by Gasteiger charge is -2.11. The zero-order valence-electron chi connectivity index (χ0n) is 9.56. The number of nitrogens with zero attached hydrogens (tertiary/aromatic N) is 1. The monoisotopic (exact) mass is 232 g/mol. The van der Waals surface area contributed by atoms with Crippen LogP contribution in [0.3, 0.4) is 0 Å². The molecule has 5 heteroatoms. The Balaban J connectivity index is 2.44. The van der Waals surface area contributed by atoms with Crippen molar-refractivity contribution < 1.29 is 9.21 Å².